The summed E-state index contributed by atoms with van der Waals surface area (Å²) in [5.74, 6) is 3.48. The summed E-state index contributed by atoms with van der Waals surface area (Å²) in [6.45, 7) is 16.1. The van der Waals surface area contributed by atoms with Crippen LogP contribution < -0.4 is 19.9 Å². The van der Waals surface area contributed by atoms with Crippen LogP contribution in [0.3, 0.4) is 0 Å². The van der Waals surface area contributed by atoms with Crippen LogP contribution in [0.15, 0.2) is 16.9 Å². The Morgan fingerprint density at radius 3 is 2.56 bits per heavy atom. The number of ether oxygens (including phenoxy) is 2. The number of nitrogens with one attached hydrogen (secondary N) is 1. The number of hydrogen-bond donors (Lipinski definition) is 1. The molecule has 13 nitrogen and oxygen atoms in total. The predicted octanol–water partition coefficient (Wildman–Crippen LogP) is 4.40. The lowest BCUT2D eigenvalue weighted by Gasteiger charge is -2.35. The molecule has 5 heterocycles. The van der Waals surface area contributed by atoms with Gasteiger partial charge in [-0.25, -0.2) is 14.8 Å². The van der Waals surface area contributed by atoms with Gasteiger partial charge >= 0.3 is 12.1 Å². The highest BCUT2D eigenvalue weighted by molar-refractivity contribution is 5.78. The summed E-state index contributed by atoms with van der Waals surface area (Å²) in [7, 11) is 0. The van der Waals surface area contributed by atoms with Gasteiger partial charge in [-0.05, 0) is 64.7 Å². The molecule has 3 fully saturated rings. The van der Waals surface area contributed by atoms with E-state index in [1.54, 1.807) is 0 Å². The summed E-state index contributed by atoms with van der Waals surface area (Å²) in [5, 5.41) is 7.13. The fraction of sp³-hybridized carbons (Fsp3) is 0.750. The maximum atomic E-state index is 12.8. The Bertz CT molecular complexity index is 1290. The lowest BCUT2D eigenvalue weighted by molar-refractivity contribution is -0.135. The topological polar surface area (TPSA) is 139 Å². The Morgan fingerprint density at radius 2 is 1.87 bits per heavy atom. The zero-order valence-corrected chi connectivity index (χ0v) is 27.7. The van der Waals surface area contributed by atoms with E-state index in [2.05, 4.69) is 56.0 Å². The van der Waals surface area contributed by atoms with E-state index in [0.29, 0.717) is 62.2 Å². The number of carbonyl (C=O) groups excluding carboxylic acids is 2. The van der Waals surface area contributed by atoms with Crippen LogP contribution in [0.25, 0.3) is 0 Å². The molecule has 2 aromatic rings. The van der Waals surface area contributed by atoms with E-state index in [0.717, 1.165) is 51.0 Å². The molecule has 0 radical (unpaired) electrons. The zero-order chi connectivity index (χ0) is 32.1. The Labute approximate surface area is 266 Å². The monoisotopic (exact) mass is 626 g/mol. The van der Waals surface area contributed by atoms with E-state index in [1.807, 2.05) is 31.7 Å². The standard InChI is InChI=1S/C32H50N8O5/c1-21(2)29-36-30(45-37-29)38-14-10-23(11-15-38)22(3)12-16-43-27-17-26(33-20-34-27)39-18-24(35-31(42)44-32(4,5)6)25(19-39)40-13-8-7-9-28(40)41/h17,20-25H,7-16,18-19H2,1-6H3,(H,35,42)/t22-,24+,25+/m1/s1. The lowest BCUT2D eigenvalue weighted by atomic mass is 9.84. The van der Waals surface area contributed by atoms with Gasteiger partial charge in [-0.1, -0.05) is 25.9 Å². The minimum Gasteiger partial charge on any atom is -0.478 e. The first-order chi connectivity index (χ1) is 21.5. The smallest absolute Gasteiger partial charge is 0.408 e. The fourth-order valence-electron chi connectivity index (χ4n) is 6.48. The number of nitrogens with zero attached hydrogens (tertiary/aromatic N) is 7. The van der Waals surface area contributed by atoms with E-state index < -0.39 is 11.7 Å². The van der Waals surface area contributed by atoms with Crippen LogP contribution in [0.4, 0.5) is 16.6 Å². The maximum Gasteiger partial charge on any atom is 0.408 e. The van der Waals surface area contributed by atoms with Gasteiger partial charge in [-0.2, -0.15) is 4.98 Å². The molecular formula is C32H50N8O5. The minimum absolute atomic E-state index is 0.130. The molecule has 3 saturated heterocycles. The normalized spacial score (nSPS) is 22.2. The molecule has 0 unspecified atom stereocenters. The summed E-state index contributed by atoms with van der Waals surface area (Å²) in [6, 6.07) is 2.02. The van der Waals surface area contributed by atoms with Crippen molar-refractivity contribution >= 4 is 23.8 Å². The van der Waals surface area contributed by atoms with Gasteiger partial charge in [0.05, 0.1) is 18.7 Å². The van der Waals surface area contributed by atoms with Crippen LogP contribution in [-0.2, 0) is 9.53 Å². The molecule has 1 N–H and O–H groups in total. The summed E-state index contributed by atoms with van der Waals surface area (Å²) in [4.78, 5) is 45.2. The SMILES string of the molecule is CC(C)c1noc(N2CCC([C@H](C)CCOc3cc(N4C[C@H](NC(=O)OC(C)(C)C)[C@@H](N5CCCCC5=O)C4)ncn3)CC2)n1. The molecule has 45 heavy (non-hydrogen) atoms. The van der Waals surface area contributed by atoms with Gasteiger partial charge in [0, 0.05) is 51.1 Å². The molecule has 0 spiro atoms. The molecule has 3 aliphatic rings. The van der Waals surface area contributed by atoms with Crippen molar-refractivity contribution in [3.05, 3.63) is 18.2 Å². The predicted molar refractivity (Wildman–Crippen MR) is 169 cm³/mol. The third kappa shape index (κ3) is 8.55. The summed E-state index contributed by atoms with van der Waals surface area (Å²) < 4.78 is 17.1. The van der Waals surface area contributed by atoms with Crippen molar-refractivity contribution in [2.24, 2.45) is 11.8 Å². The molecule has 13 heteroatoms. The number of anilines is 2. The number of rotatable bonds is 10. The van der Waals surface area contributed by atoms with E-state index in [4.69, 9.17) is 14.0 Å². The Balaban J connectivity index is 1.13. The summed E-state index contributed by atoms with van der Waals surface area (Å²) in [6.07, 6.45) is 6.51. The van der Waals surface area contributed by atoms with Crippen LogP contribution in [0.5, 0.6) is 5.88 Å². The van der Waals surface area contributed by atoms with Crippen LogP contribution >= 0.6 is 0 Å². The summed E-state index contributed by atoms with van der Waals surface area (Å²) >= 11 is 0. The van der Waals surface area contributed by atoms with Crippen molar-refractivity contribution in [3.8, 4) is 5.88 Å². The van der Waals surface area contributed by atoms with Crippen molar-refractivity contribution in [3.63, 3.8) is 0 Å². The Kier molecular flexibility index (Phi) is 10.3. The number of carbonyl (C=O) groups is 2. The first-order valence-electron chi connectivity index (χ1n) is 16.5. The van der Waals surface area contributed by atoms with Crippen LogP contribution in [0, 0.1) is 11.8 Å². The quantitative estimate of drug-likeness (QED) is 0.401. The number of likely N-dealkylation sites (tertiary alicyclic amines) is 1. The highest BCUT2D eigenvalue weighted by Gasteiger charge is 2.41. The minimum atomic E-state index is -0.612. The second-order valence-electron chi connectivity index (χ2n) is 14.0. The van der Waals surface area contributed by atoms with Crippen molar-refractivity contribution in [2.75, 3.05) is 49.1 Å². The zero-order valence-electron chi connectivity index (χ0n) is 27.7. The van der Waals surface area contributed by atoms with Crippen LogP contribution in [0.2, 0.25) is 0 Å². The Morgan fingerprint density at radius 1 is 1.09 bits per heavy atom. The van der Waals surface area contributed by atoms with E-state index in [9.17, 15) is 9.59 Å². The Hall–Kier alpha value is -3.64. The molecule has 0 aromatic carbocycles. The maximum absolute atomic E-state index is 12.8. The average Bonchev–Trinajstić information content (AvgIpc) is 3.65. The molecule has 3 aliphatic heterocycles. The first-order valence-corrected chi connectivity index (χ1v) is 16.5. The van der Waals surface area contributed by atoms with Crippen molar-refractivity contribution in [1.82, 2.24) is 30.3 Å². The second kappa shape index (κ2) is 14.2. The first kappa shape index (κ1) is 32.7. The van der Waals surface area contributed by atoms with Gasteiger partial charge in [0.25, 0.3) is 0 Å². The lowest BCUT2D eigenvalue weighted by Crippen LogP contribution is -2.54. The van der Waals surface area contributed by atoms with Gasteiger partial charge < -0.3 is 34.0 Å². The van der Waals surface area contributed by atoms with E-state index >= 15 is 0 Å². The third-order valence-corrected chi connectivity index (χ3v) is 9.09. The van der Waals surface area contributed by atoms with Crippen molar-refractivity contribution < 1.29 is 23.6 Å². The van der Waals surface area contributed by atoms with Crippen molar-refractivity contribution in [1.29, 1.82) is 0 Å². The number of aromatic nitrogens is 4. The van der Waals surface area contributed by atoms with E-state index in [1.165, 1.54) is 6.33 Å². The third-order valence-electron chi connectivity index (χ3n) is 9.09. The van der Waals surface area contributed by atoms with Gasteiger partial charge in [-0.15, -0.1) is 0 Å². The number of piperidine rings is 2. The molecule has 3 atom stereocenters. The highest BCUT2D eigenvalue weighted by Crippen LogP contribution is 2.30. The van der Waals surface area contributed by atoms with Gasteiger partial charge in [0.1, 0.15) is 17.7 Å². The second-order valence-corrected chi connectivity index (χ2v) is 14.0. The molecule has 248 valence electrons. The molecular weight excluding hydrogens is 576 g/mol. The van der Waals surface area contributed by atoms with Crippen LogP contribution in [0.1, 0.15) is 91.8 Å². The van der Waals surface area contributed by atoms with Crippen LogP contribution in [-0.4, -0.2) is 94.0 Å². The average molecular weight is 627 g/mol. The number of hydrogen-bond acceptors (Lipinski definition) is 11. The summed E-state index contributed by atoms with van der Waals surface area (Å²) in [5.41, 5.74) is -0.612. The van der Waals surface area contributed by atoms with Gasteiger partial charge in [-0.3, -0.25) is 4.79 Å². The number of alkyl carbamates (subject to hydrolysis) is 1. The van der Waals surface area contributed by atoms with Gasteiger partial charge in [0.15, 0.2) is 5.82 Å². The molecule has 2 amide bonds. The molecule has 0 saturated carbocycles. The van der Waals surface area contributed by atoms with E-state index in [-0.39, 0.29) is 23.9 Å². The largest absolute Gasteiger partial charge is 0.478 e. The number of amides is 2. The van der Waals surface area contributed by atoms with Gasteiger partial charge in [0.2, 0.25) is 11.8 Å². The van der Waals surface area contributed by atoms with Crippen molar-refractivity contribution in [2.45, 2.75) is 104 Å². The fourth-order valence-corrected chi connectivity index (χ4v) is 6.48. The molecule has 5 rings (SSSR count). The molecule has 2 aromatic heterocycles. The molecule has 0 bridgehead atoms. The molecule has 0 aliphatic carbocycles. The highest BCUT2D eigenvalue weighted by atomic mass is 16.6.